The van der Waals surface area contributed by atoms with Crippen molar-refractivity contribution < 1.29 is 19.1 Å². The normalized spacial score (nSPS) is 18.0. The van der Waals surface area contributed by atoms with Gasteiger partial charge in [-0.1, -0.05) is 0 Å². The number of primary amides is 1. The molecule has 9 nitrogen and oxygen atoms in total. The van der Waals surface area contributed by atoms with Gasteiger partial charge in [0, 0.05) is 50.3 Å². The van der Waals surface area contributed by atoms with Gasteiger partial charge in [-0.2, -0.15) is 5.10 Å². The van der Waals surface area contributed by atoms with E-state index in [1.165, 1.54) is 0 Å². The number of nitrogens with two attached hydrogens (primary N) is 1. The van der Waals surface area contributed by atoms with E-state index in [9.17, 15) is 14.4 Å². The third-order valence-electron chi connectivity index (χ3n) is 5.28. The monoisotopic (exact) mass is 391 g/mol. The molecule has 9 heteroatoms. The van der Waals surface area contributed by atoms with Crippen LogP contribution in [0.4, 0.5) is 4.79 Å². The summed E-state index contributed by atoms with van der Waals surface area (Å²) in [5.41, 5.74) is 6.93. The largest absolute Gasteiger partial charge is 0.444 e. The number of amides is 3. The first-order chi connectivity index (χ1) is 13.1. The van der Waals surface area contributed by atoms with Gasteiger partial charge in [-0.3, -0.25) is 14.3 Å². The van der Waals surface area contributed by atoms with Gasteiger partial charge in [-0.05, 0) is 33.6 Å². The van der Waals surface area contributed by atoms with Gasteiger partial charge in [-0.25, -0.2) is 4.79 Å². The molecule has 0 aliphatic carbocycles. The zero-order chi connectivity index (χ0) is 20.6. The van der Waals surface area contributed by atoms with Crippen LogP contribution in [0.3, 0.4) is 0 Å². The maximum Gasteiger partial charge on any atom is 0.410 e. The van der Waals surface area contributed by atoms with Gasteiger partial charge >= 0.3 is 6.09 Å². The number of aryl methyl sites for hydroxylation is 1. The molecule has 154 valence electrons. The average molecular weight is 391 g/mol. The fourth-order valence-electron chi connectivity index (χ4n) is 3.76. The first kappa shape index (κ1) is 20.2. The maximum absolute atomic E-state index is 13.1. The van der Waals surface area contributed by atoms with Crippen LogP contribution in [0.25, 0.3) is 0 Å². The molecule has 2 aliphatic heterocycles. The second kappa shape index (κ2) is 7.44. The Morgan fingerprint density at radius 3 is 2.32 bits per heavy atom. The van der Waals surface area contributed by atoms with Crippen molar-refractivity contribution in [2.75, 3.05) is 19.6 Å². The minimum atomic E-state index is -0.574. The summed E-state index contributed by atoms with van der Waals surface area (Å²) >= 11 is 0. The highest BCUT2D eigenvalue weighted by Gasteiger charge is 2.34. The van der Waals surface area contributed by atoms with Gasteiger partial charge in [-0.15, -0.1) is 0 Å². The SMILES string of the molecule is Cn1nc(C(=O)N2CCC(C(N)=O)CC2)c2c1CCN(C(=O)OC(C)(C)C)C2. The lowest BCUT2D eigenvalue weighted by atomic mass is 9.95. The van der Waals surface area contributed by atoms with Crippen molar-refractivity contribution in [3.8, 4) is 0 Å². The van der Waals surface area contributed by atoms with Gasteiger partial charge in [0.1, 0.15) is 5.60 Å². The molecule has 28 heavy (non-hydrogen) atoms. The number of fused-ring (bicyclic) bond motifs is 1. The van der Waals surface area contributed by atoms with Crippen molar-refractivity contribution in [3.63, 3.8) is 0 Å². The Labute approximate surface area is 164 Å². The molecule has 3 amide bonds. The summed E-state index contributed by atoms with van der Waals surface area (Å²) in [6, 6.07) is 0. The van der Waals surface area contributed by atoms with Crippen molar-refractivity contribution in [3.05, 3.63) is 17.0 Å². The molecule has 2 N–H and O–H groups in total. The van der Waals surface area contributed by atoms with Crippen molar-refractivity contribution in [1.82, 2.24) is 19.6 Å². The lowest BCUT2D eigenvalue weighted by molar-refractivity contribution is -0.123. The van der Waals surface area contributed by atoms with Crippen molar-refractivity contribution >= 4 is 17.9 Å². The number of likely N-dealkylation sites (tertiary alicyclic amines) is 1. The summed E-state index contributed by atoms with van der Waals surface area (Å²) in [4.78, 5) is 40.2. The standard InChI is InChI=1S/C19H29N5O4/c1-19(2,3)28-18(27)24-10-7-14-13(11-24)15(21-22(14)4)17(26)23-8-5-12(6-9-23)16(20)25/h12H,5-11H2,1-4H3,(H2,20,25). The Hall–Kier alpha value is -2.58. The Balaban J connectivity index is 1.76. The van der Waals surface area contributed by atoms with Crippen LogP contribution in [0.2, 0.25) is 0 Å². The molecule has 2 aliphatic rings. The van der Waals surface area contributed by atoms with Gasteiger partial charge in [0.25, 0.3) is 5.91 Å². The lowest BCUT2D eigenvalue weighted by Crippen LogP contribution is -2.43. The fourth-order valence-corrected chi connectivity index (χ4v) is 3.76. The number of carbonyl (C=O) groups excluding carboxylic acids is 3. The van der Waals surface area contributed by atoms with E-state index in [0.29, 0.717) is 51.1 Å². The van der Waals surface area contributed by atoms with Crippen molar-refractivity contribution in [2.24, 2.45) is 18.7 Å². The molecule has 0 radical (unpaired) electrons. The molecule has 1 saturated heterocycles. The van der Waals surface area contributed by atoms with Crippen molar-refractivity contribution in [2.45, 2.75) is 52.2 Å². The molecular formula is C19H29N5O4. The highest BCUT2D eigenvalue weighted by molar-refractivity contribution is 5.94. The van der Waals surface area contributed by atoms with E-state index in [1.54, 1.807) is 14.5 Å². The molecule has 0 spiro atoms. The highest BCUT2D eigenvalue weighted by atomic mass is 16.6. The van der Waals surface area contributed by atoms with E-state index in [4.69, 9.17) is 10.5 Å². The Morgan fingerprint density at radius 1 is 1.11 bits per heavy atom. The number of aromatic nitrogens is 2. The Bertz CT molecular complexity index is 787. The van der Waals surface area contributed by atoms with Gasteiger partial charge in [0.15, 0.2) is 5.69 Å². The van der Waals surface area contributed by atoms with Crippen LogP contribution >= 0.6 is 0 Å². The number of hydrogen-bond acceptors (Lipinski definition) is 5. The fraction of sp³-hybridized carbons (Fsp3) is 0.684. The van der Waals surface area contributed by atoms with Crippen LogP contribution in [0.1, 0.15) is 55.4 Å². The molecule has 3 rings (SSSR count). The van der Waals surface area contributed by atoms with Crippen LogP contribution in [-0.4, -0.2) is 62.7 Å². The number of ether oxygens (including phenoxy) is 1. The van der Waals surface area contributed by atoms with E-state index < -0.39 is 5.60 Å². The van der Waals surface area contributed by atoms with Crippen molar-refractivity contribution in [1.29, 1.82) is 0 Å². The molecule has 0 aromatic carbocycles. The van der Waals surface area contributed by atoms with Gasteiger partial charge < -0.3 is 20.3 Å². The number of nitrogens with zero attached hydrogens (tertiary/aromatic N) is 4. The lowest BCUT2D eigenvalue weighted by Gasteiger charge is -2.32. The molecule has 0 saturated carbocycles. The minimum absolute atomic E-state index is 0.161. The maximum atomic E-state index is 13.1. The van der Waals surface area contributed by atoms with Crippen LogP contribution in [0.5, 0.6) is 0 Å². The van der Waals surface area contributed by atoms with Crippen LogP contribution in [0, 0.1) is 5.92 Å². The molecular weight excluding hydrogens is 362 g/mol. The van der Waals surface area contributed by atoms with E-state index in [2.05, 4.69) is 5.10 Å². The summed E-state index contributed by atoms with van der Waals surface area (Å²) in [5, 5.41) is 4.44. The topological polar surface area (TPSA) is 111 Å². The average Bonchev–Trinajstić information content (AvgIpc) is 2.96. The summed E-state index contributed by atoms with van der Waals surface area (Å²) < 4.78 is 7.20. The van der Waals surface area contributed by atoms with E-state index in [-0.39, 0.29) is 23.8 Å². The first-order valence-corrected chi connectivity index (χ1v) is 9.68. The van der Waals surface area contributed by atoms with Crippen LogP contribution < -0.4 is 5.73 Å². The first-order valence-electron chi connectivity index (χ1n) is 9.68. The molecule has 0 unspecified atom stereocenters. The van der Waals surface area contributed by atoms with E-state index in [1.807, 2.05) is 27.8 Å². The summed E-state index contributed by atoms with van der Waals surface area (Å²) in [5.74, 6) is -0.648. The van der Waals surface area contributed by atoms with Gasteiger partial charge in [0.05, 0.1) is 6.54 Å². The van der Waals surface area contributed by atoms with Gasteiger partial charge in [0.2, 0.25) is 5.91 Å². The Morgan fingerprint density at radius 2 is 1.75 bits per heavy atom. The smallest absolute Gasteiger partial charge is 0.410 e. The Kier molecular flexibility index (Phi) is 5.36. The highest BCUT2D eigenvalue weighted by Crippen LogP contribution is 2.26. The molecule has 0 bridgehead atoms. The minimum Gasteiger partial charge on any atom is -0.444 e. The number of hydrogen-bond donors (Lipinski definition) is 1. The number of piperidine rings is 1. The predicted octanol–water partition coefficient (Wildman–Crippen LogP) is 1.05. The second-order valence-corrected chi connectivity index (χ2v) is 8.52. The summed E-state index contributed by atoms with van der Waals surface area (Å²) in [6.45, 7) is 7.27. The summed E-state index contributed by atoms with van der Waals surface area (Å²) in [6.07, 6.45) is 1.37. The van der Waals surface area contributed by atoms with Crippen LogP contribution in [-0.2, 0) is 29.5 Å². The summed E-state index contributed by atoms with van der Waals surface area (Å²) in [7, 11) is 1.82. The third-order valence-corrected chi connectivity index (χ3v) is 5.28. The molecule has 3 heterocycles. The molecule has 0 atom stereocenters. The number of carbonyl (C=O) groups is 3. The zero-order valence-corrected chi connectivity index (χ0v) is 17.0. The molecule has 1 aromatic heterocycles. The number of rotatable bonds is 2. The molecule has 1 fully saturated rings. The molecule has 1 aromatic rings. The van der Waals surface area contributed by atoms with Crippen LogP contribution in [0.15, 0.2) is 0 Å². The zero-order valence-electron chi connectivity index (χ0n) is 17.0. The second-order valence-electron chi connectivity index (χ2n) is 8.52. The van der Waals surface area contributed by atoms with E-state index >= 15 is 0 Å². The predicted molar refractivity (Wildman–Crippen MR) is 101 cm³/mol. The quantitative estimate of drug-likeness (QED) is 0.810. The van der Waals surface area contributed by atoms with E-state index in [0.717, 1.165) is 11.3 Å². The third kappa shape index (κ3) is 4.13.